The van der Waals surface area contributed by atoms with E-state index in [1.54, 1.807) is 13.8 Å². The van der Waals surface area contributed by atoms with Gasteiger partial charge in [-0.1, -0.05) is 12.1 Å². The predicted molar refractivity (Wildman–Crippen MR) is 60.7 cm³/mol. The largest absolute Gasteiger partial charge is 0.480 e. The Morgan fingerprint density at radius 3 is 2.36 bits per heavy atom. The lowest BCUT2D eigenvalue weighted by Crippen LogP contribution is -2.53. The first-order valence-electron chi connectivity index (χ1n) is 5.42. The molecule has 0 aromatic carbocycles. The molecule has 0 saturated carbocycles. The van der Waals surface area contributed by atoms with E-state index in [0.29, 0.717) is 6.04 Å². The van der Waals surface area contributed by atoms with Crippen LogP contribution in [0.25, 0.3) is 0 Å². The van der Waals surface area contributed by atoms with Crippen LogP contribution in [-0.4, -0.2) is 44.1 Å². The highest BCUT2D eigenvalue weighted by Crippen LogP contribution is 2.25. The molecule has 82 valence electrons. The van der Waals surface area contributed by atoms with Crippen LogP contribution in [0, 0.1) is 0 Å². The highest BCUT2D eigenvalue weighted by Gasteiger charge is 2.36. The number of hydrogen-bond donors (Lipinski definition) is 1. The number of hydrogen-bond acceptors (Lipinski definition) is 2. The average Bonchev–Trinajstić information content (AvgIpc) is 2.17. The predicted octanol–water partition coefficient (Wildman–Crippen LogP) is 0.949. The van der Waals surface area contributed by atoms with Crippen molar-refractivity contribution >= 4 is 15.5 Å². The molecular weight excluding hydrogens is 194 g/mol. The first kappa shape index (κ1) is 11.7. The topological polar surface area (TPSA) is 40.5 Å². The SMILES string of the molecule is CN(C1CC[SiH2]CC1)C(C)(C)C(=O)O. The molecular formula is C10H21NO2Si. The molecule has 4 heteroatoms. The fourth-order valence-electron chi connectivity index (χ4n) is 2.08. The summed E-state index contributed by atoms with van der Waals surface area (Å²) in [6.45, 7) is 3.59. The number of aliphatic carboxylic acids is 1. The molecule has 0 spiro atoms. The molecule has 0 aliphatic carbocycles. The summed E-state index contributed by atoms with van der Waals surface area (Å²) in [6.07, 6.45) is 2.42. The molecule has 1 aliphatic heterocycles. The van der Waals surface area contributed by atoms with Gasteiger partial charge in [0.1, 0.15) is 5.54 Å². The Labute approximate surface area is 88.3 Å². The van der Waals surface area contributed by atoms with Gasteiger partial charge < -0.3 is 5.11 Å². The maximum absolute atomic E-state index is 11.1. The van der Waals surface area contributed by atoms with Gasteiger partial charge in [0.2, 0.25) is 0 Å². The summed E-state index contributed by atoms with van der Waals surface area (Å²) in [5, 5.41) is 9.11. The van der Waals surface area contributed by atoms with E-state index in [4.69, 9.17) is 5.11 Å². The van der Waals surface area contributed by atoms with Crippen molar-refractivity contribution in [2.24, 2.45) is 0 Å². The van der Waals surface area contributed by atoms with Crippen LogP contribution in [0.3, 0.4) is 0 Å². The van der Waals surface area contributed by atoms with Crippen molar-refractivity contribution in [1.29, 1.82) is 0 Å². The lowest BCUT2D eigenvalue weighted by atomic mass is 9.99. The Morgan fingerprint density at radius 1 is 1.43 bits per heavy atom. The molecule has 0 bridgehead atoms. The Morgan fingerprint density at radius 2 is 1.93 bits per heavy atom. The van der Waals surface area contributed by atoms with Crippen LogP contribution in [0.5, 0.6) is 0 Å². The van der Waals surface area contributed by atoms with Crippen LogP contribution in [-0.2, 0) is 4.79 Å². The second-order valence-corrected chi connectivity index (χ2v) is 6.89. The van der Waals surface area contributed by atoms with Crippen molar-refractivity contribution in [2.75, 3.05) is 7.05 Å². The monoisotopic (exact) mass is 215 g/mol. The summed E-state index contributed by atoms with van der Waals surface area (Å²) in [6, 6.07) is 3.25. The smallest absolute Gasteiger partial charge is 0.323 e. The number of carboxylic acid groups (broad SMARTS) is 1. The fourth-order valence-corrected chi connectivity index (χ4v) is 3.95. The normalized spacial score (nSPS) is 25.6. The molecule has 0 unspecified atom stereocenters. The molecule has 1 heterocycles. The zero-order valence-corrected chi connectivity index (χ0v) is 10.8. The molecule has 14 heavy (non-hydrogen) atoms. The molecule has 1 N–H and O–H groups in total. The van der Waals surface area contributed by atoms with E-state index < -0.39 is 11.5 Å². The van der Waals surface area contributed by atoms with Gasteiger partial charge in [-0.3, -0.25) is 9.69 Å². The van der Waals surface area contributed by atoms with Crippen LogP contribution in [0.1, 0.15) is 26.7 Å². The first-order chi connectivity index (χ1) is 6.46. The molecule has 1 rings (SSSR count). The van der Waals surface area contributed by atoms with Gasteiger partial charge in [0.05, 0.1) is 0 Å². The molecule has 0 aromatic heterocycles. The van der Waals surface area contributed by atoms with E-state index in [9.17, 15) is 4.79 Å². The van der Waals surface area contributed by atoms with Gasteiger partial charge in [0.25, 0.3) is 0 Å². The minimum absolute atomic E-state index is 0.207. The van der Waals surface area contributed by atoms with E-state index in [1.807, 2.05) is 11.9 Å². The van der Waals surface area contributed by atoms with Gasteiger partial charge in [0.15, 0.2) is 0 Å². The zero-order valence-electron chi connectivity index (χ0n) is 9.42. The van der Waals surface area contributed by atoms with Crippen LogP contribution in [0.2, 0.25) is 12.1 Å². The zero-order chi connectivity index (χ0) is 10.8. The molecule has 0 atom stereocenters. The lowest BCUT2D eigenvalue weighted by molar-refractivity contribution is -0.150. The van der Waals surface area contributed by atoms with Crippen molar-refractivity contribution in [1.82, 2.24) is 4.90 Å². The summed E-state index contributed by atoms with van der Waals surface area (Å²) in [5.41, 5.74) is -0.719. The second kappa shape index (κ2) is 4.44. The van der Waals surface area contributed by atoms with Gasteiger partial charge in [-0.25, -0.2) is 0 Å². The molecule has 3 nitrogen and oxygen atoms in total. The lowest BCUT2D eigenvalue weighted by Gasteiger charge is -2.39. The molecule has 1 fully saturated rings. The van der Waals surface area contributed by atoms with Crippen LogP contribution >= 0.6 is 0 Å². The molecule has 0 amide bonds. The third-order valence-corrected chi connectivity index (χ3v) is 5.34. The minimum Gasteiger partial charge on any atom is -0.480 e. The van der Waals surface area contributed by atoms with E-state index in [-0.39, 0.29) is 9.52 Å². The minimum atomic E-state index is -0.720. The van der Waals surface area contributed by atoms with Gasteiger partial charge >= 0.3 is 5.97 Å². The van der Waals surface area contributed by atoms with Crippen molar-refractivity contribution in [3.8, 4) is 0 Å². The van der Waals surface area contributed by atoms with E-state index in [0.717, 1.165) is 0 Å². The second-order valence-electron chi connectivity index (χ2n) is 4.77. The quantitative estimate of drug-likeness (QED) is 0.713. The average molecular weight is 215 g/mol. The molecule has 1 saturated heterocycles. The summed E-state index contributed by atoms with van der Waals surface area (Å²) < 4.78 is 0. The maximum atomic E-state index is 11.1. The summed E-state index contributed by atoms with van der Waals surface area (Å²) in [5.74, 6) is -0.720. The number of carboxylic acids is 1. The van der Waals surface area contributed by atoms with E-state index in [1.165, 1.54) is 24.9 Å². The third-order valence-electron chi connectivity index (χ3n) is 3.53. The molecule has 0 aromatic rings. The van der Waals surface area contributed by atoms with Crippen molar-refractivity contribution < 1.29 is 9.90 Å². The first-order valence-corrected chi connectivity index (χ1v) is 7.42. The number of carbonyl (C=O) groups is 1. The Balaban J connectivity index is 2.62. The third kappa shape index (κ3) is 2.36. The highest BCUT2D eigenvalue weighted by atomic mass is 28.2. The van der Waals surface area contributed by atoms with Crippen molar-refractivity contribution in [3.63, 3.8) is 0 Å². The van der Waals surface area contributed by atoms with Crippen LogP contribution in [0.4, 0.5) is 0 Å². The Bertz CT molecular complexity index is 212. The highest BCUT2D eigenvalue weighted by molar-refractivity contribution is 6.35. The van der Waals surface area contributed by atoms with Gasteiger partial charge in [-0.15, -0.1) is 0 Å². The fraction of sp³-hybridized carbons (Fsp3) is 0.900. The number of nitrogens with zero attached hydrogens (tertiary/aromatic N) is 1. The molecule has 0 radical (unpaired) electrons. The van der Waals surface area contributed by atoms with Crippen LogP contribution in [0.15, 0.2) is 0 Å². The number of rotatable bonds is 3. The Hall–Kier alpha value is -0.353. The Kier molecular flexibility index (Phi) is 3.72. The summed E-state index contributed by atoms with van der Waals surface area (Å²) >= 11 is 0. The standard InChI is InChI=1S/C10H21NO2Si/c1-10(2,9(12)13)11(3)8-4-6-14-7-5-8/h8H,4-7,14H2,1-3H3,(H,12,13). The summed E-state index contributed by atoms with van der Waals surface area (Å²) in [4.78, 5) is 13.1. The van der Waals surface area contributed by atoms with Crippen molar-refractivity contribution in [3.05, 3.63) is 0 Å². The van der Waals surface area contributed by atoms with Crippen molar-refractivity contribution in [2.45, 2.75) is 50.4 Å². The summed E-state index contributed by atoms with van der Waals surface area (Å²) in [7, 11) is 2.16. The van der Waals surface area contributed by atoms with Crippen LogP contribution < -0.4 is 0 Å². The van der Waals surface area contributed by atoms with Gasteiger partial charge in [-0.05, 0) is 33.7 Å². The van der Waals surface area contributed by atoms with Gasteiger partial charge in [-0.2, -0.15) is 0 Å². The number of likely N-dealkylation sites (N-methyl/N-ethyl adjacent to an activating group) is 1. The van der Waals surface area contributed by atoms with E-state index >= 15 is 0 Å². The molecule has 1 aliphatic rings. The maximum Gasteiger partial charge on any atom is 0.323 e. The van der Waals surface area contributed by atoms with E-state index in [2.05, 4.69) is 0 Å². The van der Waals surface area contributed by atoms with Gasteiger partial charge in [0, 0.05) is 15.6 Å².